The lowest BCUT2D eigenvalue weighted by atomic mass is 9.91. The molecule has 0 aliphatic carbocycles. The first-order valence-electron chi connectivity index (χ1n) is 11.9. The van der Waals surface area contributed by atoms with Gasteiger partial charge in [0.15, 0.2) is 0 Å². The highest BCUT2D eigenvalue weighted by Gasteiger charge is 2.71. The number of aliphatic hydroxyl groups is 1. The molecule has 2 fully saturated rings. The molecule has 1 atom stereocenters. The summed E-state index contributed by atoms with van der Waals surface area (Å²) in [5.41, 5.74) is -1.18. The van der Waals surface area contributed by atoms with Gasteiger partial charge in [-0.15, -0.1) is 0 Å². The molecule has 39 heavy (non-hydrogen) atoms. The minimum Gasteiger partial charge on any atom is -0.384 e. The quantitative estimate of drug-likeness (QED) is 0.491. The predicted octanol–water partition coefficient (Wildman–Crippen LogP) is 2.46. The molecule has 0 aromatic carbocycles. The molecule has 0 spiro atoms. The molecule has 216 valence electrons. The van der Waals surface area contributed by atoms with Gasteiger partial charge in [-0.2, -0.15) is 30.6 Å². The normalized spacial score (nSPS) is 20.8. The second-order valence-corrected chi connectivity index (χ2v) is 11.3. The zero-order chi connectivity index (χ0) is 28.6. The summed E-state index contributed by atoms with van der Waals surface area (Å²) in [6, 6.07) is 2.12. The van der Waals surface area contributed by atoms with E-state index >= 15 is 0 Å². The number of piperazine rings is 1. The van der Waals surface area contributed by atoms with Crippen molar-refractivity contribution in [3.05, 3.63) is 36.3 Å². The highest BCUT2D eigenvalue weighted by atomic mass is 32.2. The Labute approximate surface area is 219 Å². The first kappa shape index (κ1) is 29.2. The van der Waals surface area contributed by atoms with E-state index in [1.54, 1.807) is 4.90 Å². The standard InChI is InChI=1S/C22H26F6N6O4S/c23-21(24,25)20(35,22(26,27)28)15-10-31-19(32-11-15)34-6-5-33(13-16(34)9-14-3-7-38-8-4-14)39(36,37)17-1-2-18(29)30-12-17/h1-2,10-12,14,16,35H,3-9,13H2,(H2,29,30)/t16-/m0/s1. The van der Waals surface area contributed by atoms with Gasteiger partial charge in [0, 0.05) is 63.0 Å². The van der Waals surface area contributed by atoms with Crippen molar-refractivity contribution in [1.82, 2.24) is 19.3 Å². The number of halogens is 6. The Kier molecular flexibility index (Phi) is 7.99. The zero-order valence-electron chi connectivity index (χ0n) is 20.4. The number of pyridine rings is 1. The van der Waals surface area contributed by atoms with E-state index in [2.05, 4.69) is 15.0 Å². The molecule has 2 aliphatic rings. The lowest BCUT2D eigenvalue weighted by molar-refractivity contribution is -0.376. The van der Waals surface area contributed by atoms with Gasteiger partial charge in [0.1, 0.15) is 10.7 Å². The second kappa shape index (κ2) is 10.7. The Hall–Kier alpha value is -2.76. The van der Waals surface area contributed by atoms with Crippen molar-refractivity contribution in [3.63, 3.8) is 0 Å². The first-order valence-corrected chi connectivity index (χ1v) is 13.3. The molecule has 0 amide bonds. The molecule has 4 rings (SSSR count). The van der Waals surface area contributed by atoms with Crippen LogP contribution in [0.25, 0.3) is 0 Å². The minimum atomic E-state index is -6.07. The van der Waals surface area contributed by atoms with Crippen molar-refractivity contribution in [3.8, 4) is 0 Å². The van der Waals surface area contributed by atoms with E-state index in [0.29, 0.717) is 32.5 Å². The summed E-state index contributed by atoms with van der Waals surface area (Å²) in [7, 11) is -3.98. The molecule has 2 saturated heterocycles. The van der Waals surface area contributed by atoms with Crippen LogP contribution in [0, 0.1) is 5.92 Å². The van der Waals surface area contributed by atoms with Crippen LogP contribution in [0.5, 0.6) is 0 Å². The summed E-state index contributed by atoms with van der Waals surface area (Å²) < 4.78 is 113. The highest BCUT2D eigenvalue weighted by Crippen LogP contribution is 2.49. The molecular weight excluding hydrogens is 558 g/mol. The van der Waals surface area contributed by atoms with Crippen LogP contribution in [0.1, 0.15) is 24.8 Å². The van der Waals surface area contributed by atoms with Gasteiger partial charge in [0.2, 0.25) is 16.0 Å². The molecule has 3 N–H and O–H groups in total. The molecule has 0 unspecified atom stereocenters. The van der Waals surface area contributed by atoms with E-state index < -0.39 is 39.6 Å². The predicted molar refractivity (Wildman–Crippen MR) is 125 cm³/mol. The number of nitrogens with two attached hydrogens (primary N) is 1. The molecular formula is C22H26F6N6O4S. The molecule has 2 aliphatic heterocycles. The summed E-state index contributed by atoms with van der Waals surface area (Å²) in [6.07, 6.45) is -8.58. The van der Waals surface area contributed by atoms with Crippen LogP contribution in [0.4, 0.5) is 38.1 Å². The van der Waals surface area contributed by atoms with Gasteiger partial charge in [0.25, 0.3) is 5.60 Å². The summed E-state index contributed by atoms with van der Waals surface area (Å²) >= 11 is 0. The molecule has 0 saturated carbocycles. The average Bonchev–Trinajstić information content (AvgIpc) is 2.88. The molecule has 0 bridgehead atoms. The number of nitrogens with zero attached hydrogens (tertiary/aromatic N) is 5. The van der Waals surface area contributed by atoms with Crippen molar-refractivity contribution in [1.29, 1.82) is 0 Å². The molecule has 0 radical (unpaired) electrons. The summed E-state index contributed by atoms with van der Waals surface area (Å²) in [6.45, 7) is 0.934. The van der Waals surface area contributed by atoms with Gasteiger partial charge in [0.05, 0.1) is 0 Å². The van der Waals surface area contributed by atoms with Crippen molar-refractivity contribution < 1.29 is 44.6 Å². The van der Waals surface area contributed by atoms with E-state index in [-0.39, 0.29) is 54.6 Å². The number of ether oxygens (including phenoxy) is 1. The average molecular weight is 585 g/mol. The van der Waals surface area contributed by atoms with Crippen molar-refractivity contribution in [2.75, 3.05) is 43.5 Å². The number of sulfonamides is 1. The van der Waals surface area contributed by atoms with E-state index in [1.165, 1.54) is 16.4 Å². The number of rotatable bonds is 6. The van der Waals surface area contributed by atoms with Crippen molar-refractivity contribution in [2.45, 2.75) is 48.2 Å². The van der Waals surface area contributed by atoms with Crippen LogP contribution in [-0.4, -0.2) is 84.0 Å². The van der Waals surface area contributed by atoms with Gasteiger partial charge in [-0.05, 0) is 37.3 Å². The first-order chi connectivity index (χ1) is 18.1. The Morgan fingerprint density at radius 1 is 0.974 bits per heavy atom. The number of hydrogen-bond acceptors (Lipinski definition) is 9. The number of nitrogen functional groups attached to an aromatic ring is 1. The van der Waals surface area contributed by atoms with E-state index in [0.717, 1.165) is 6.20 Å². The molecule has 17 heteroatoms. The SMILES string of the molecule is Nc1ccc(S(=O)(=O)N2CCN(c3ncc(C(O)(C(F)(F)F)C(F)(F)F)cn3)[C@@H](CC3CCOCC3)C2)cn1. The lowest BCUT2D eigenvalue weighted by Gasteiger charge is -2.42. The fourth-order valence-electron chi connectivity index (χ4n) is 4.71. The van der Waals surface area contributed by atoms with Crippen LogP contribution >= 0.6 is 0 Å². The molecule has 2 aromatic rings. The third-order valence-corrected chi connectivity index (χ3v) is 8.77. The monoisotopic (exact) mass is 584 g/mol. The van der Waals surface area contributed by atoms with Crippen LogP contribution in [0.15, 0.2) is 35.6 Å². The third-order valence-electron chi connectivity index (χ3n) is 6.92. The van der Waals surface area contributed by atoms with Gasteiger partial charge in [-0.1, -0.05) is 0 Å². The summed E-state index contributed by atoms with van der Waals surface area (Å²) in [5.74, 6) is 0.0836. The van der Waals surface area contributed by atoms with E-state index in [4.69, 9.17) is 10.5 Å². The fourth-order valence-corrected chi connectivity index (χ4v) is 6.13. The van der Waals surface area contributed by atoms with Crippen molar-refractivity contribution in [2.24, 2.45) is 5.92 Å². The number of anilines is 2. The summed E-state index contributed by atoms with van der Waals surface area (Å²) in [5, 5.41) is 9.63. The second-order valence-electron chi connectivity index (χ2n) is 9.40. The highest BCUT2D eigenvalue weighted by molar-refractivity contribution is 7.89. The molecule has 2 aromatic heterocycles. The van der Waals surface area contributed by atoms with E-state index in [9.17, 15) is 39.9 Å². The maximum absolute atomic E-state index is 13.3. The number of hydrogen-bond donors (Lipinski definition) is 2. The maximum atomic E-state index is 13.3. The van der Waals surface area contributed by atoms with Crippen LogP contribution in [0.2, 0.25) is 0 Å². The minimum absolute atomic E-state index is 0.0116. The van der Waals surface area contributed by atoms with Crippen LogP contribution < -0.4 is 10.6 Å². The molecule has 4 heterocycles. The van der Waals surface area contributed by atoms with Crippen LogP contribution in [0.3, 0.4) is 0 Å². The number of alkyl halides is 6. The van der Waals surface area contributed by atoms with Gasteiger partial charge in [-0.25, -0.2) is 23.4 Å². The lowest BCUT2D eigenvalue weighted by Crippen LogP contribution is -2.56. The smallest absolute Gasteiger partial charge is 0.384 e. The van der Waals surface area contributed by atoms with Gasteiger partial charge in [-0.3, -0.25) is 0 Å². The fraction of sp³-hybridized carbons (Fsp3) is 0.591. The Balaban J connectivity index is 1.63. The Bertz CT molecular complexity index is 1220. The Morgan fingerprint density at radius 2 is 1.59 bits per heavy atom. The van der Waals surface area contributed by atoms with Gasteiger partial charge < -0.3 is 20.5 Å². The topological polar surface area (TPSA) is 135 Å². The van der Waals surface area contributed by atoms with E-state index in [1.807, 2.05) is 0 Å². The summed E-state index contributed by atoms with van der Waals surface area (Å²) in [4.78, 5) is 12.8. The third kappa shape index (κ3) is 5.76. The van der Waals surface area contributed by atoms with Crippen LogP contribution in [-0.2, 0) is 20.4 Å². The largest absolute Gasteiger partial charge is 0.430 e. The maximum Gasteiger partial charge on any atom is 0.430 e. The van der Waals surface area contributed by atoms with Gasteiger partial charge >= 0.3 is 12.4 Å². The molecule has 10 nitrogen and oxygen atoms in total. The van der Waals surface area contributed by atoms with Crippen molar-refractivity contribution >= 4 is 21.8 Å². The Morgan fingerprint density at radius 3 is 2.13 bits per heavy atom. The zero-order valence-corrected chi connectivity index (χ0v) is 21.2. The number of aromatic nitrogens is 3.